The molecular formula is C19H20N8O. The van der Waals surface area contributed by atoms with Gasteiger partial charge in [-0.15, -0.1) is 0 Å². The Hall–Kier alpha value is -3.75. The lowest BCUT2D eigenvalue weighted by molar-refractivity contribution is 0.384. The zero-order valence-corrected chi connectivity index (χ0v) is 15.4. The van der Waals surface area contributed by atoms with Crippen molar-refractivity contribution in [3.63, 3.8) is 0 Å². The smallest absolute Gasteiger partial charge is 0.224 e. The van der Waals surface area contributed by atoms with Crippen molar-refractivity contribution in [2.45, 2.75) is 26.3 Å². The maximum atomic E-state index is 5.17. The van der Waals surface area contributed by atoms with Gasteiger partial charge in [0.2, 0.25) is 5.95 Å². The molecule has 4 aromatic heterocycles. The molecular weight excluding hydrogens is 356 g/mol. The highest BCUT2D eigenvalue weighted by Gasteiger charge is 2.06. The fraction of sp³-hybridized carbons (Fsp3) is 0.211. The summed E-state index contributed by atoms with van der Waals surface area (Å²) in [6.45, 7) is 2.34. The van der Waals surface area contributed by atoms with Gasteiger partial charge >= 0.3 is 0 Å². The molecule has 9 heteroatoms. The van der Waals surface area contributed by atoms with Crippen LogP contribution in [0.4, 0.5) is 17.6 Å². The fourth-order valence-corrected chi connectivity index (χ4v) is 2.69. The van der Waals surface area contributed by atoms with Crippen LogP contribution in [0.15, 0.2) is 53.4 Å². The number of pyridine rings is 1. The third-order valence-corrected chi connectivity index (χ3v) is 4.07. The van der Waals surface area contributed by atoms with E-state index in [1.54, 1.807) is 24.7 Å². The van der Waals surface area contributed by atoms with Gasteiger partial charge in [0.25, 0.3) is 0 Å². The number of aromatic amines is 1. The zero-order chi connectivity index (χ0) is 19.2. The standard InChI is InChI=1S/C19H20N8O/c1-13-10-16(28-27-13)12-22-19-21-9-6-17(24-19)23-18-11-15(25-26-18)3-2-14-4-7-20-8-5-14/h4-11H,2-3,12H2,1H3,(H3,21,22,23,24,25,26). The summed E-state index contributed by atoms with van der Waals surface area (Å²) in [4.78, 5) is 12.7. The number of nitrogens with zero attached hydrogens (tertiary/aromatic N) is 5. The molecule has 0 unspecified atom stereocenters. The predicted molar refractivity (Wildman–Crippen MR) is 104 cm³/mol. The van der Waals surface area contributed by atoms with Gasteiger partial charge in [0.15, 0.2) is 11.6 Å². The lowest BCUT2D eigenvalue weighted by Crippen LogP contribution is -2.04. The van der Waals surface area contributed by atoms with E-state index in [1.165, 1.54) is 5.56 Å². The van der Waals surface area contributed by atoms with Gasteiger partial charge in [0.1, 0.15) is 5.82 Å². The molecule has 0 aliphatic heterocycles. The maximum absolute atomic E-state index is 5.17. The minimum atomic E-state index is 0.464. The molecule has 0 amide bonds. The largest absolute Gasteiger partial charge is 0.359 e. The Morgan fingerprint density at radius 2 is 1.93 bits per heavy atom. The van der Waals surface area contributed by atoms with E-state index in [-0.39, 0.29) is 0 Å². The average molecular weight is 376 g/mol. The maximum Gasteiger partial charge on any atom is 0.224 e. The number of hydrogen-bond donors (Lipinski definition) is 3. The lowest BCUT2D eigenvalue weighted by atomic mass is 10.1. The van der Waals surface area contributed by atoms with Crippen molar-refractivity contribution in [3.8, 4) is 0 Å². The minimum Gasteiger partial charge on any atom is -0.359 e. The molecule has 0 aliphatic carbocycles. The summed E-state index contributed by atoms with van der Waals surface area (Å²) in [5.74, 6) is 2.58. The molecule has 0 radical (unpaired) electrons. The fourth-order valence-electron chi connectivity index (χ4n) is 2.69. The topological polar surface area (TPSA) is 117 Å². The van der Waals surface area contributed by atoms with Crippen molar-refractivity contribution in [3.05, 3.63) is 71.6 Å². The number of aromatic nitrogens is 6. The second-order valence-electron chi connectivity index (χ2n) is 6.31. The summed E-state index contributed by atoms with van der Waals surface area (Å²) >= 11 is 0. The summed E-state index contributed by atoms with van der Waals surface area (Å²) in [5.41, 5.74) is 3.13. The predicted octanol–water partition coefficient (Wildman–Crippen LogP) is 3.03. The quantitative estimate of drug-likeness (QED) is 0.429. The van der Waals surface area contributed by atoms with Crippen molar-refractivity contribution in [2.24, 2.45) is 0 Å². The Balaban J connectivity index is 1.33. The third-order valence-electron chi connectivity index (χ3n) is 4.07. The van der Waals surface area contributed by atoms with Crippen LogP contribution in [0.5, 0.6) is 0 Å². The van der Waals surface area contributed by atoms with E-state index in [2.05, 4.69) is 40.9 Å². The normalized spacial score (nSPS) is 10.8. The van der Waals surface area contributed by atoms with Crippen molar-refractivity contribution < 1.29 is 4.52 Å². The van der Waals surface area contributed by atoms with Gasteiger partial charge in [-0.25, -0.2) is 4.98 Å². The molecule has 28 heavy (non-hydrogen) atoms. The van der Waals surface area contributed by atoms with Crippen LogP contribution < -0.4 is 10.6 Å². The summed E-state index contributed by atoms with van der Waals surface area (Å²) < 4.78 is 5.17. The number of H-pyrrole nitrogens is 1. The van der Waals surface area contributed by atoms with Gasteiger partial charge in [0, 0.05) is 36.4 Å². The molecule has 9 nitrogen and oxygen atoms in total. The number of rotatable bonds is 8. The Bertz CT molecular complexity index is 1030. The highest BCUT2D eigenvalue weighted by Crippen LogP contribution is 2.15. The minimum absolute atomic E-state index is 0.464. The Kier molecular flexibility index (Phi) is 5.23. The van der Waals surface area contributed by atoms with Gasteiger partial charge in [-0.1, -0.05) is 5.16 Å². The Morgan fingerprint density at radius 3 is 2.75 bits per heavy atom. The van der Waals surface area contributed by atoms with Crippen LogP contribution in [0.25, 0.3) is 0 Å². The highest BCUT2D eigenvalue weighted by atomic mass is 16.5. The molecule has 142 valence electrons. The SMILES string of the molecule is Cc1cc(CNc2nccc(Nc3cc(CCc4ccncc4)[nH]n3)n2)on1. The molecule has 0 saturated heterocycles. The van der Waals surface area contributed by atoms with Crippen molar-refractivity contribution >= 4 is 17.6 Å². The summed E-state index contributed by atoms with van der Waals surface area (Å²) in [7, 11) is 0. The molecule has 4 rings (SSSR count). The first kappa shape index (κ1) is 17.7. The molecule has 4 aromatic rings. The van der Waals surface area contributed by atoms with Gasteiger partial charge < -0.3 is 15.2 Å². The van der Waals surface area contributed by atoms with E-state index in [1.807, 2.05) is 31.2 Å². The van der Waals surface area contributed by atoms with Gasteiger partial charge in [-0.3, -0.25) is 10.1 Å². The first-order chi connectivity index (χ1) is 13.7. The third kappa shape index (κ3) is 4.70. The molecule has 0 spiro atoms. The first-order valence-electron chi connectivity index (χ1n) is 8.94. The molecule has 4 heterocycles. The van der Waals surface area contributed by atoms with Crippen LogP contribution >= 0.6 is 0 Å². The van der Waals surface area contributed by atoms with Crippen LogP contribution in [0, 0.1) is 6.92 Å². The molecule has 0 aliphatic rings. The Morgan fingerprint density at radius 1 is 1.04 bits per heavy atom. The number of aryl methyl sites for hydroxylation is 3. The van der Waals surface area contributed by atoms with Crippen LogP contribution in [-0.4, -0.2) is 30.3 Å². The van der Waals surface area contributed by atoms with Crippen molar-refractivity contribution in [1.82, 2.24) is 30.3 Å². The number of nitrogens with one attached hydrogen (secondary N) is 3. The molecule has 0 aromatic carbocycles. The van der Waals surface area contributed by atoms with E-state index in [0.29, 0.717) is 24.1 Å². The summed E-state index contributed by atoms with van der Waals surface area (Å²) in [6, 6.07) is 9.67. The molecule has 0 atom stereocenters. The summed E-state index contributed by atoms with van der Waals surface area (Å²) in [6.07, 6.45) is 7.08. The van der Waals surface area contributed by atoms with E-state index in [0.717, 1.165) is 30.0 Å². The van der Waals surface area contributed by atoms with Crippen LogP contribution in [0.2, 0.25) is 0 Å². The number of anilines is 3. The summed E-state index contributed by atoms with van der Waals surface area (Å²) in [5, 5.41) is 17.5. The molecule has 0 saturated carbocycles. The van der Waals surface area contributed by atoms with E-state index in [4.69, 9.17) is 4.52 Å². The molecule has 0 bridgehead atoms. The first-order valence-corrected chi connectivity index (χ1v) is 8.94. The lowest BCUT2D eigenvalue weighted by Gasteiger charge is -2.05. The zero-order valence-electron chi connectivity index (χ0n) is 15.4. The van der Waals surface area contributed by atoms with E-state index < -0.39 is 0 Å². The van der Waals surface area contributed by atoms with Gasteiger partial charge in [-0.05, 0) is 43.5 Å². The molecule has 3 N–H and O–H groups in total. The Labute approximate surface area is 161 Å². The number of hydrogen-bond acceptors (Lipinski definition) is 8. The monoisotopic (exact) mass is 376 g/mol. The van der Waals surface area contributed by atoms with E-state index >= 15 is 0 Å². The van der Waals surface area contributed by atoms with Crippen LogP contribution in [-0.2, 0) is 19.4 Å². The van der Waals surface area contributed by atoms with Crippen LogP contribution in [0.3, 0.4) is 0 Å². The van der Waals surface area contributed by atoms with Crippen molar-refractivity contribution in [2.75, 3.05) is 10.6 Å². The van der Waals surface area contributed by atoms with E-state index in [9.17, 15) is 0 Å². The van der Waals surface area contributed by atoms with Gasteiger partial charge in [0.05, 0.1) is 12.2 Å². The highest BCUT2D eigenvalue weighted by molar-refractivity contribution is 5.53. The second kappa shape index (κ2) is 8.30. The average Bonchev–Trinajstić information content (AvgIpc) is 3.34. The molecule has 0 fully saturated rings. The van der Waals surface area contributed by atoms with Crippen molar-refractivity contribution in [1.29, 1.82) is 0 Å². The van der Waals surface area contributed by atoms with Crippen LogP contribution in [0.1, 0.15) is 22.7 Å². The second-order valence-corrected chi connectivity index (χ2v) is 6.31. The van der Waals surface area contributed by atoms with Gasteiger partial charge in [-0.2, -0.15) is 10.1 Å².